The second-order valence-electron chi connectivity index (χ2n) is 12.5. The van der Waals surface area contributed by atoms with E-state index in [0.717, 1.165) is 36.5 Å². The number of carbonyl (C=O) groups excluding carboxylic acids is 1. The van der Waals surface area contributed by atoms with Crippen LogP contribution in [0.2, 0.25) is 0 Å². The quantitative estimate of drug-likeness (QED) is 0.334. The van der Waals surface area contributed by atoms with Gasteiger partial charge < -0.3 is 10.7 Å². The SMILES string of the molecule is CC1CCC2(C)C(CCC3C2CCC2(C)C(C(=O)CN(N)c4ccc(F)cc4N)CCC32)C1. The van der Waals surface area contributed by atoms with Gasteiger partial charge in [-0.05, 0) is 110 Å². The van der Waals surface area contributed by atoms with Gasteiger partial charge in [0.2, 0.25) is 0 Å². The van der Waals surface area contributed by atoms with Crippen molar-refractivity contribution >= 4 is 17.2 Å². The molecule has 4 aliphatic carbocycles. The summed E-state index contributed by atoms with van der Waals surface area (Å²) in [5.41, 5.74) is 7.34. The van der Waals surface area contributed by atoms with E-state index in [2.05, 4.69) is 20.8 Å². The first-order valence-electron chi connectivity index (χ1n) is 13.2. The Morgan fingerprint density at radius 3 is 2.55 bits per heavy atom. The number of ketones is 1. The second kappa shape index (κ2) is 8.25. The van der Waals surface area contributed by atoms with Crippen LogP contribution < -0.4 is 16.6 Å². The maximum absolute atomic E-state index is 13.5. The van der Waals surface area contributed by atoms with E-state index in [1.807, 2.05) is 0 Å². The lowest BCUT2D eigenvalue weighted by atomic mass is 9.44. The zero-order chi connectivity index (χ0) is 23.5. The third-order valence-electron chi connectivity index (χ3n) is 10.9. The number of anilines is 2. The summed E-state index contributed by atoms with van der Waals surface area (Å²) in [6.45, 7) is 7.58. The molecular weight excluding hydrogens is 413 g/mol. The Bertz CT molecular complexity index is 920. The van der Waals surface area contributed by atoms with Gasteiger partial charge in [0.05, 0.1) is 17.9 Å². The molecule has 8 unspecified atom stereocenters. The number of Topliss-reactive ketones (excluding diaryl/α,β-unsaturated/α-hetero) is 1. The molecule has 0 saturated heterocycles. The van der Waals surface area contributed by atoms with Gasteiger partial charge in [0.1, 0.15) is 5.82 Å². The Balaban J connectivity index is 1.31. The minimum absolute atomic E-state index is 0.0630. The summed E-state index contributed by atoms with van der Waals surface area (Å²) in [4.78, 5) is 13.5. The number of halogens is 1. The first kappa shape index (κ1) is 23.1. The van der Waals surface area contributed by atoms with E-state index in [-0.39, 0.29) is 29.3 Å². The number of hydrazine groups is 1. The number of nitrogens with two attached hydrogens (primary N) is 2. The van der Waals surface area contributed by atoms with Crippen molar-refractivity contribution in [2.24, 2.45) is 52.2 Å². The number of carbonyl (C=O) groups is 1. The molecule has 0 aromatic heterocycles. The first-order valence-corrected chi connectivity index (χ1v) is 13.2. The van der Waals surface area contributed by atoms with Crippen LogP contribution in [-0.4, -0.2) is 12.3 Å². The average Bonchev–Trinajstić information content (AvgIpc) is 3.11. The van der Waals surface area contributed by atoms with E-state index in [4.69, 9.17) is 11.6 Å². The molecule has 0 radical (unpaired) electrons. The summed E-state index contributed by atoms with van der Waals surface area (Å²) < 4.78 is 13.4. The second-order valence-corrected chi connectivity index (χ2v) is 12.5. The van der Waals surface area contributed by atoms with Crippen molar-refractivity contribution in [3.63, 3.8) is 0 Å². The predicted molar refractivity (Wildman–Crippen MR) is 132 cm³/mol. The van der Waals surface area contributed by atoms with Gasteiger partial charge in [-0.25, -0.2) is 10.2 Å². The lowest BCUT2D eigenvalue weighted by Crippen LogP contribution is -2.54. The van der Waals surface area contributed by atoms with E-state index >= 15 is 0 Å². The number of nitrogens with zero attached hydrogens (tertiary/aromatic N) is 1. The van der Waals surface area contributed by atoms with Gasteiger partial charge in [-0.15, -0.1) is 0 Å². The van der Waals surface area contributed by atoms with Crippen molar-refractivity contribution in [2.45, 2.75) is 78.6 Å². The largest absolute Gasteiger partial charge is 0.397 e. The number of fused-ring (bicyclic) bond motifs is 5. The molecule has 0 heterocycles. The Morgan fingerprint density at radius 2 is 1.79 bits per heavy atom. The standard InChI is InChI=1S/C28H42FN3O/c1-17-10-12-27(2)18(14-17)4-6-20-21-7-8-23(28(21,3)13-11-22(20)27)26(33)16-32(31)25-9-5-19(29)15-24(25)30/h5,9,15,17-18,20-23H,4,6-8,10-14,16,30-31H2,1-3H3. The van der Waals surface area contributed by atoms with Gasteiger partial charge in [0.15, 0.2) is 5.78 Å². The van der Waals surface area contributed by atoms with Crippen LogP contribution in [0.5, 0.6) is 0 Å². The topological polar surface area (TPSA) is 72.3 Å². The zero-order valence-corrected chi connectivity index (χ0v) is 20.7. The smallest absolute Gasteiger partial charge is 0.157 e. The molecule has 4 fully saturated rings. The van der Waals surface area contributed by atoms with E-state index in [1.165, 1.54) is 62.1 Å². The number of hydrogen-bond donors (Lipinski definition) is 2. The third kappa shape index (κ3) is 3.69. The molecule has 1 aromatic carbocycles. The normalized spacial score (nSPS) is 42.2. The number of hydrogen-bond acceptors (Lipinski definition) is 4. The van der Waals surface area contributed by atoms with Crippen LogP contribution in [0.25, 0.3) is 0 Å². The van der Waals surface area contributed by atoms with Crippen molar-refractivity contribution in [3.8, 4) is 0 Å². The summed E-state index contributed by atoms with van der Waals surface area (Å²) in [6.07, 6.45) is 11.5. The summed E-state index contributed by atoms with van der Waals surface area (Å²) in [5, 5.41) is 1.41. The molecule has 4 saturated carbocycles. The van der Waals surface area contributed by atoms with Gasteiger partial charge >= 0.3 is 0 Å². The predicted octanol–water partition coefficient (Wildman–Crippen LogP) is 5.95. The van der Waals surface area contributed by atoms with Crippen molar-refractivity contribution in [2.75, 3.05) is 17.3 Å². The Morgan fingerprint density at radius 1 is 1.06 bits per heavy atom. The van der Waals surface area contributed by atoms with Crippen LogP contribution in [0.15, 0.2) is 18.2 Å². The fourth-order valence-electron chi connectivity index (χ4n) is 9.15. The highest BCUT2D eigenvalue weighted by atomic mass is 19.1. The van der Waals surface area contributed by atoms with E-state index in [9.17, 15) is 9.18 Å². The maximum Gasteiger partial charge on any atom is 0.157 e. The van der Waals surface area contributed by atoms with Crippen molar-refractivity contribution in [1.82, 2.24) is 0 Å². The monoisotopic (exact) mass is 455 g/mol. The van der Waals surface area contributed by atoms with Crippen LogP contribution in [0, 0.1) is 52.2 Å². The molecule has 4 aliphatic rings. The van der Waals surface area contributed by atoms with E-state index in [0.29, 0.717) is 17.0 Å². The molecule has 4 nitrogen and oxygen atoms in total. The zero-order valence-electron chi connectivity index (χ0n) is 20.7. The molecule has 182 valence electrons. The highest BCUT2D eigenvalue weighted by Gasteiger charge is 2.60. The van der Waals surface area contributed by atoms with Crippen LogP contribution in [-0.2, 0) is 4.79 Å². The van der Waals surface area contributed by atoms with E-state index in [1.54, 1.807) is 6.07 Å². The van der Waals surface area contributed by atoms with Crippen LogP contribution in [0.4, 0.5) is 15.8 Å². The Kier molecular flexibility index (Phi) is 5.78. The van der Waals surface area contributed by atoms with Gasteiger partial charge in [0.25, 0.3) is 0 Å². The molecule has 4 N–H and O–H groups in total. The first-order chi connectivity index (χ1) is 15.6. The highest BCUT2D eigenvalue weighted by molar-refractivity contribution is 5.87. The van der Waals surface area contributed by atoms with Crippen molar-refractivity contribution in [1.29, 1.82) is 0 Å². The average molecular weight is 456 g/mol. The molecule has 5 rings (SSSR count). The summed E-state index contributed by atoms with van der Waals surface area (Å²) >= 11 is 0. The van der Waals surface area contributed by atoms with Gasteiger partial charge in [0, 0.05) is 5.92 Å². The minimum atomic E-state index is -0.394. The Hall–Kier alpha value is -1.62. The highest BCUT2D eigenvalue weighted by Crippen LogP contribution is 2.67. The van der Waals surface area contributed by atoms with Crippen LogP contribution >= 0.6 is 0 Å². The van der Waals surface area contributed by atoms with Gasteiger partial charge in [-0.1, -0.05) is 27.2 Å². The molecule has 0 aliphatic heterocycles. The lowest BCUT2D eigenvalue weighted by Gasteiger charge is -2.61. The molecule has 0 spiro atoms. The maximum atomic E-state index is 13.5. The summed E-state index contributed by atoms with van der Waals surface area (Å²) in [7, 11) is 0. The summed E-state index contributed by atoms with van der Waals surface area (Å²) in [5.74, 6) is 10.2. The summed E-state index contributed by atoms with van der Waals surface area (Å²) in [6, 6.07) is 4.16. The molecule has 0 amide bonds. The number of nitrogen functional groups attached to an aromatic ring is 1. The molecule has 8 atom stereocenters. The fourth-order valence-corrected chi connectivity index (χ4v) is 9.15. The Labute approximate surface area is 198 Å². The molecule has 5 heteroatoms. The van der Waals surface area contributed by atoms with Crippen molar-refractivity contribution < 1.29 is 9.18 Å². The minimum Gasteiger partial charge on any atom is -0.397 e. The lowest BCUT2D eigenvalue weighted by molar-refractivity contribution is -0.135. The number of rotatable bonds is 4. The van der Waals surface area contributed by atoms with Gasteiger partial charge in [-0.3, -0.25) is 4.79 Å². The van der Waals surface area contributed by atoms with Crippen molar-refractivity contribution in [3.05, 3.63) is 24.0 Å². The van der Waals surface area contributed by atoms with E-state index < -0.39 is 5.82 Å². The fraction of sp³-hybridized carbons (Fsp3) is 0.750. The van der Waals surface area contributed by atoms with Gasteiger partial charge in [-0.2, -0.15) is 0 Å². The third-order valence-corrected chi connectivity index (χ3v) is 10.9. The van der Waals surface area contributed by atoms with Crippen LogP contribution in [0.3, 0.4) is 0 Å². The van der Waals surface area contributed by atoms with Crippen LogP contribution in [0.1, 0.15) is 78.6 Å². The number of benzene rings is 1. The molecule has 1 aromatic rings. The molecular formula is C28H42FN3O. The molecule has 0 bridgehead atoms. The molecule has 33 heavy (non-hydrogen) atoms.